The molecule has 86 valence electrons. The highest BCUT2D eigenvalue weighted by atomic mass is 79.9. The first-order chi connectivity index (χ1) is 7.59. The third-order valence-electron chi connectivity index (χ3n) is 2.62. The molecule has 0 bridgehead atoms. The second-order valence-corrected chi connectivity index (χ2v) is 4.79. The standard InChI is InChI=1S/C9H10BrClN4O/c10-6-7(11)13-4-14-9(6)15-2-1-5(3-15)8(12)16/h4-5H,1-3H2,(H2,12,16). The van der Waals surface area contributed by atoms with Gasteiger partial charge < -0.3 is 10.6 Å². The van der Waals surface area contributed by atoms with E-state index < -0.39 is 0 Å². The van der Waals surface area contributed by atoms with Crippen molar-refractivity contribution in [3.8, 4) is 0 Å². The summed E-state index contributed by atoms with van der Waals surface area (Å²) in [5.41, 5.74) is 5.27. The maximum Gasteiger partial charge on any atom is 0.222 e. The zero-order valence-corrected chi connectivity index (χ0v) is 10.7. The Bertz CT molecular complexity index is 428. The van der Waals surface area contributed by atoms with Gasteiger partial charge in [0.15, 0.2) is 0 Å². The Kier molecular flexibility index (Phi) is 3.30. The number of anilines is 1. The summed E-state index contributed by atoms with van der Waals surface area (Å²) in [4.78, 5) is 21.0. The first-order valence-corrected chi connectivity index (χ1v) is 5.97. The average molecular weight is 306 g/mol. The summed E-state index contributed by atoms with van der Waals surface area (Å²) in [7, 11) is 0. The van der Waals surface area contributed by atoms with Gasteiger partial charge in [0, 0.05) is 13.1 Å². The van der Waals surface area contributed by atoms with E-state index in [9.17, 15) is 4.79 Å². The van der Waals surface area contributed by atoms with Crippen LogP contribution in [0.5, 0.6) is 0 Å². The van der Waals surface area contributed by atoms with Crippen molar-refractivity contribution in [2.75, 3.05) is 18.0 Å². The molecule has 16 heavy (non-hydrogen) atoms. The molecule has 0 aromatic carbocycles. The summed E-state index contributed by atoms with van der Waals surface area (Å²) >= 11 is 9.21. The van der Waals surface area contributed by atoms with Crippen LogP contribution in [-0.4, -0.2) is 29.0 Å². The predicted molar refractivity (Wildman–Crippen MR) is 64.3 cm³/mol. The fourth-order valence-corrected chi connectivity index (χ4v) is 2.33. The monoisotopic (exact) mass is 304 g/mol. The first kappa shape index (κ1) is 11.6. The fraction of sp³-hybridized carbons (Fsp3) is 0.444. The van der Waals surface area contributed by atoms with E-state index in [0.29, 0.717) is 22.0 Å². The van der Waals surface area contributed by atoms with Gasteiger partial charge in [-0.1, -0.05) is 11.6 Å². The van der Waals surface area contributed by atoms with Crippen LogP contribution in [0.15, 0.2) is 10.8 Å². The van der Waals surface area contributed by atoms with Crippen molar-refractivity contribution in [1.29, 1.82) is 0 Å². The highest BCUT2D eigenvalue weighted by Crippen LogP contribution is 2.32. The summed E-state index contributed by atoms with van der Waals surface area (Å²) in [5, 5.41) is 0.368. The zero-order valence-electron chi connectivity index (χ0n) is 8.36. The molecule has 2 rings (SSSR count). The van der Waals surface area contributed by atoms with Crippen molar-refractivity contribution in [3.63, 3.8) is 0 Å². The largest absolute Gasteiger partial charge is 0.369 e. The maximum absolute atomic E-state index is 11.1. The lowest BCUT2D eigenvalue weighted by molar-refractivity contribution is -0.121. The number of halogens is 2. The van der Waals surface area contributed by atoms with Crippen molar-refractivity contribution in [3.05, 3.63) is 16.0 Å². The lowest BCUT2D eigenvalue weighted by Crippen LogP contribution is -2.27. The van der Waals surface area contributed by atoms with Gasteiger partial charge in [0.1, 0.15) is 17.3 Å². The van der Waals surface area contributed by atoms with E-state index in [-0.39, 0.29) is 11.8 Å². The zero-order chi connectivity index (χ0) is 11.7. The number of aromatic nitrogens is 2. The van der Waals surface area contributed by atoms with E-state index in [1.165, 1.54) is 6.33 Å². The number of nitrogens with two attached hydrogens (primary N) is 1. The van der Waals surface area contributed by atoms with E-state index in [1.54, 1.807) is 0 Å². The molecular formula is C9H10BrClN4O. The maximum atomic E-state index is 11.1. The molecule has 0 spiro atoms. The lowest BCUT2D eigenvalue weighted by atomic mass is 10.1. The molecule has 1 unspecified atom stereocenters. The molecule has 5 nitrogen and oxygen atoms in total. The van der Waals surface area contributed by atoms with E-state index in [4.69, 9.17) is 17.3 Å². The second kappa shape index (κ2) is 4.55. The van der Waals surface area contributed by atoms with Crippen molar-refractivity contribution >= 4 is 39.3 Å². The molecule has 7 heteroatoms. The Morgan fingerprint density at radius 1 is 1.62 bits per heavy atom. The molecule has 0 saturated carbocycles. The van der Waals surface area contributed by atoms with Gasteiger partial charge in [0.2, 0.25) is 5.91 Å². The normalized spacial score (nSPS) is 20.1. The molecular weight excluding hydrogens is 295 g/mol. The molecule has 1 aliphatic rings. The van der Waals surface area contributed by atoms with Crippen LogP contribution >= 0.6 is 27.5 Å². The van der Waals surface area contributed by atoms with Crippen LogP contribution in [0.2, 0.25) is 5.15 Å². The van der Waals surface area contributed by atoms with Gasteiger partial charge >= 0.3 is 0 Å². The third kappa shape index (κ3) is 2.12. The molecule has 1 aromatic heterocycles. The van der Waals surface area contributed by atoms with E-state index in [1.807, 2.05) is 4.90 Å². The van der Waals surface area contributed by atoms with Crippen LogP contribution in [0.25, 0.3) is 0 Å². The van der Waals surface area contributed by atoms with E-state index in [2.05, 4.69) is 25.9 Å². The number of rotatable bonds is 2. The van der Waals surface area contributed by atoms with Crippen molar-refractivity contribution in [1.82, 2.24) is 9.97 Å². The number of amides is 1. The van der Waals surface area contributed by atoms with Crippen LogP contribution in [-0.2, 0) is 4.79 Å². The minimum Gasteiger partial charge on any atom is -0.369 e. The molecule has 2 N–H and O–H groups in total. The van der Waals surface area contributed by atoms with E-state index in [0.717, 1.165) is 13.0 Å². The van der Waals surface area contributed by atoms with Crippen LogP contribution in [0.1, 0.15) is 6.42 Å². The molecule has 1 saturated heterocycles. The number of hydrogen-bond acceptors (Lipinski definition) is 4. The van der Waals surface area contributed by atoms with Gasteiger partial charge in [-0.2, -0.15) is 0 Å². The lowest BCUT2D eigenvalue weighted by Gasteiger charge is -2.18. The van der Waals surface area contributed by atoms with Gasteiger partial charge in [0.05, 0.1) is 10.4 Å². The van der Waals surface area contributed by atoms with Crippen LogP contribution < -0.4 is 10.6 Å². The molecule has 1 amide bonds. The summed E-state index contributed by atoms with van der Waals surface area (Å²) in [6, 6.07) is 0. The number of carbonyl (C=O) groups excluding carboxylic acids is 1. The van der Waals surface area contributed by atoms with Gasteiger partial charge in [-0.3, -0.25) is 4.79 Å². The Labute approximate surface area is 106 Å². The smallest absolute Gasteiger partial charge is 0.222 e. The number of carbonyl (C=O) groups is 1. The second-order valence-electron chi connectivity index (χ2n) is 3.64. The topological polar surface area (TPSA) is 72.1 Å². The van der Waals surface area contributed by atoms with Crippen LogP contribution in [0, 0.1) is 5.92 Å². The van der Waals surface area contributed by atoms with Gasteiger partial charge in [-0.25, -0.2) is 9.97 Å². The summed E-state index contributed by atoms with van der Waals surface area (Å²) in [6.45, 7) is 1.33. The van der Waals surface area contributed by atoms with Crippen LogP contribution in [0.4, 0.5) is 5.82 Å². The third-order valence-corrected chi connectivity index (χ3v) is 3.86. The average Bonchev–Trinajstić information content (AvgIpc) is 2.71. The van der Waals surface area contributed by atoms with Crippen LogP contribution in [0.3, 0.4) is 0 Å². The fourth-order valence-electron chi connectivity index (χ4n) is 1.75. The first-order valence-electron chi connectivity index (χ1n) is 4.80. The molecule has 1 atom stereocenters. The Hall–Kier alpha value is -0.880. The Morgan fingerprint density at radius 3 is 3.00 bits per heavy atom. The summed E-state index contributed by atoms with van der Waals surface area (Å²) < 4.78 is 0.654. The number of primary amides is 1. The molecule has 1 fully saturated rings. The molecule has 1 aromatic rings. The predicted octanol–water partition coefficient (Wildman–Crippen LogP) is 1.20. The van der Waals surface area contributed by atoms with E-state index >= 15 is 0 Å². The summed E-state index contributed by atoms with van der Waals surface area (Å²) in [5.74, 6) is 0.336. The SMILES string of the molecule is NC(=O)C1CCN(c2ncnc(Cl)c2Br)C1. The quantitative estimate of drug-likeness (QED) is 0.834. The summed E-state index contributed by atoms with van der Waals surface area (Å²) in [6.07, 6.45) is 2.16. The Balaban J connectivity index is 2.21. The minimum absolute atomic E-state index is 0.111. The molecule has 0 aliphatic carbocycles. The Morgan fingerprint density at radius 2 is 2.38 bits per heavy atom. The molecule has 1 aliphatic heterocycles. The number of nitrogens with zero attached hydrogens (tertiary/aromatic N) is 3. The van der Waals surface area contributed by atoms with Crippen molar-refractivity contribution in [2.45, 2.75) is 6.42 Å². The van der Waals surface area contributed by atoms with Gasteiger partial charge in [0.25, 0.3) is 0 Å². The minimum atomic E-state index is -0.265. The number of hydrogen-bond donors (Lipinski definition) is 1. The van der Waals surface area contributed by atoms with Gasteiger partial charge in [-0.05, 0) is 22.4 Å². The van der Waals surface area contributed by atoms with Crippen molar-refractivity contribution < 1.29 is 4.79 Å². The van der Waals surface area contributed by atoms with Crippen molar-refractivity contribution in [2.24, 2.45) is 11.7 Å². The van der Waals surface area contributed by atoms with Gasteiger partial charge in [-0.15, -0.1) is 0 Å². The molecule has 2 heterocycles. The molecule has 0 radical (unpaired) electrons. The highest BCUT2D eigenvalue weighted by molar-refractivity contribution is 9.10. The highest BCUT2D eigenvalue weighted by Gasteiger charge is 2.28.